The van der Waals surface area contributed by atoms with Crippen LogP contribution in [0.4, 0.5) is 0 Å². The molecule has 44 heavy (non-hydrogen) atoms. The lowest BCUT2D eigenvalue weighted by molar-refractivity contribution is -0.148. The summed E-state index contributed by atoms with van der Waals surface area (Å²) in [5, 5.41) is 0. The van der Waals surface area contributed by atoms with Gasteiger partial charge >= 0.3 is 12.7 Å². The summed E-state index contributed by atoms with van der Waals surface area (Å²) in [6.07, 6.45) is 20.3. The number of unbranched alkanes of at least 4 members (excludes halogenated alkanes) is 11. The molecule has 2 N–H and O–H groups in total. The fourth-order valence-electron chi connectivity index (χ4n) is 4.30. The Morgan fingerprint density at radius 1 is 0.682 bits per heavy atom. The molecule has 0 amide bonds. The van der Waals surface area contributed by atoms with E-state index in [1.165, 1.54) is 104 Å². The van der Waals surface area contributed by atoms with E-state index in [2.05, 4.69) is 82.2 Å². The first-order valence-corrected chi connectivity index (χ1v) is 20.2. The Morgan fingerprint density at radius 2 is 1.09 bits per heavy atom. The van der Waals surface area contributed by atoms with Gasteiger partial charge in [0.25, 0.3) is 0 Å². The summed E-state index contributed by atoms with van der Waals surface area (Å²) in [5.74, 6) is -0.276. The first kappa shape index (κ1) is 48.0. The Morgan fingerprint density at radius 3 is 1.45 bits per heavy atom. The third-order valence-electron chi connectivity index (χ3n) is 7.52. The molecule has 0 aliphatic rings. The van der Waals surface area contributed by atoms with Gasteiger partial charge in [-0.15, -0.1) is 0 Å². The highest BCUT2D eigenvalue weighted by atomic mass is 32.5. The van der Waals surface area contributed by atoms with Crippen LogP contribution in [-0.2, 0) is 30.6 Å². The van der Waals surface area contributed by atoms with E-state index in [0.717, 1.165) is 25.7 Å². The largest absolute Gasteiger partial charge is 0.463 e. The summed E-state index contributed by atoms with van der Waals surface area (Å²) >= 11 is 4.37. The number of hydrogen-bond acceptors (Lipinski definition) is 7. The molecule has 0 saturated carbocycles. The Labute approximate surface area is 278 Å². The first-order valence-electron chi connectivity index (χ1n) is 17.6. The van der Waals surface area contributed by atoms with Crippen LogP contribution < -0.4 is 0 Å². The van der Waals surface area contributed by atoms with Gasteiger partial charge in [0.1, 0.15) is 12.7 Å². The minimum atomic E-state index is -3.72. The van der Waals surface area contributed by atoms with E-state index < -0.39 is 12.8 Å². The van der Waals surface area contributed by atoms with Crippen molar-refractivity contribution < 1.29 is 28.6 Å². The smallest absolute Gasteiger partial charge is 0.321 e. The van der Waals surface area contributed by atoms with Crippen molar-refractivity contribution >= 4 is 24.5 Å². The summed E-state index contributed by atoms with van der Waals surface area (Å²) in [7, 11) is 1.43. The second-order valence-corrected chi connectivity index (χ2v) is 13.6. The molecule has 0 aromatic carbocycles. The maximum atomic E-state index is 11.8. The van der Waals surface area contributed by atoms with Crippen molar-refractivity contribution in [3.8, 4) is 0 Å². The van der Waals surface area contributed by atoms with Gasteiger partial charge in [0.15, 0.2) is 0 Å². The lowest BCUT2D eigenvalue weighted by atomic mass is 10.1. The molecule has 0 rings (SSSR count). The lowest BCUT2D eigenvalue weighted by Crippen LogP contribution is -2.25. The molecule has 0 unspecified atom stereocenters. The minimum Gasteiger partial charge on any atom is -0.463 e. The fraction of sp³-hybridized carbons (Fsp3) is 0.912. The molecular weight excluding hydrogens is 595 g/mol. The van der Waals surface area contributed by atoms with Crippen LogP contribution in [0.15, 0.2) is 12.2 Å². The normalized spacial score (nSPS) is 12.2. The molecular formula is C34H73N2O6PS. The van der Waals surface area contributed by atoms with Gasteiger partial charge in [-0.1, -0.05) is 112 Å². The van der Waals surface area contributed by atoms with Crippen LogP contribution in [0.3, 0.4) is 0 Å². The van der Waals surface area contributed by atoms with Gasteiger partial charge in [-0.25, -0.2) is 0 Å². The number of esters is 1. The maximum absolute atomic E-state index is 11.8. The quantitative estimate of drug-likeness (QED) is 0.0387. The highest BCUT2D eigenvalue weighted by Gasteiger charge is 2.16. The van der Waals surface area contributed by atoms with Crippen LogP contribution in [0, 0.1) is 0 Å². The highest BCUT2D eigenvalue weighted by molar-refractivity contribution is 8.06. The van der Waals surface area contributed by atoms with Gasteiger partial charge in [0, 0.05) is 13.5 Å². The summed E-state index contributed by atoms with van der Waals surface area (Å²) in [4.78, 5) is 34.6. The minimum absolute atomic E-state index is 0.00966. The van der Waals surface area contributed by atoms with Crippen LogP contribution >= 0.6 is 6.72 Å². The molecule has 0 heterocycles. The predicted octanol–water partition coefficient (Wildman–Crippen LogP) is 8.50. The lowest BCUT2D eigenvalue weighted by Gasteiger charge is -2.17. The Bertz CT molecular complexity index is 635. The number of allylic oxidation sites excluding steroid dienone is 2. The summed E-state index contributed by atoms with van der Waals surface area (Å²) in [5.41, 5.74) is 0. The van der Waals surface area contributed by atoms with Gasteiger partial charge < -0.3 is 33.6 Å². The topological polar surface area (TPSA) is 91.7 Å². The number of ether oxygens (including phenoxy) is 2. The van der Waals surface area contributed by atoms with Gasteiger partial charge in [-0.3, -0.25) is 4.79 Å². The second kappa shape index (κ2) is 37.1. The molecule has 0 saturated heterocycles. The Kier molecular flexibility index (Phi) is 40.5. The molecule has 0 aliphatic carbocycles. The van der Waals surface area contributed by atoms with Crippen LogP contribution in [0.25, 0.3) is 0 Å². The van der Waals surface area contributed by atoms with E-state index in [-0.39, 0.29) is 19.2 Å². The number of nitrogens with zero attached hydrogens (tertiary/aromatic N) is 2. The summed E-state index contributed by atoms with van der Waals surface area (Å²) in [6.45, 7) is 18.7. The molecule has 8 nitrogen and oxygen atoms in total. The first-order chi connectivity index (χ1) is 21.1. The average Bonchev–Trinajstić information content (AvgIpc) is 3.01. The van der Waals surface area contributed by atoms with E-state index >= 15 is 0 Å². The zero-order valence-electron chi connectivity index (χ0n) is 30.1. The second-order valence-electron chi connectivity index (χ2n) is 10.9. The monoisotopic (exact) mass is 668 g/mol. The van der Waals surface area contributed by atoms with Gasteiger partial charge in [0.05, 0.1) is 6.61 Å². The van der Waals surface area contributed by atoms with Crippen molar-refractivity contribution in [1.29, 1.82) is 0 Å². The van der Waals surface area contributed by atoms with Crippen LogP contribution in [0.5, 0.6) is 0 Å². The van der Waals surface area contributed by atoms with E-state index in [0.29, 0.717) is 6.42 Å². The van der Waals surface area contributed by atoms with Crippen LogP contribution in [0.1, 0.15) is 138 Å². The zero-order chi connectivity index (χ0) is 33.9. The molecule has 1 atom stereocenters. The van der Waals surface area contributed by atoms with Crippen molar-refractivity contribution in [1.82, 2.24) is 9.80 Å². The fourth-order valence-corrected chi connectivity index (χ4v) is 4.85. The van der Waals surface area contributed by atoms with Crippen molar-refractivity contribution in [2.75, 3.05) is 59.6 Å². The maximum Gasteiger partial charge on any atom is 0.321 e. The zero-order valence-corrected chi connectivity index (χ0v) is 31.8. The Balaban J connectivity index is -0.000000982. The van der Waals surface area contributed by atoms with Crippen molar-refractivity contribution in [2.24, 2.45) is 0 Å². The highest BCUT2D eigenvalue weighted by Crippen LogP contribution is 2.36. The number of hydrogen-bond donors (Lipinski definition) is 2. The van der Waals surface area contributed by atoms with Gasteiger partial charge in [-0.2, -0.15) is 0 Å². The van der Waals surface area contributed by atoms with Crippen molar-refractivity contribution in [2.45, 2.75) is 144 Å². The van der Waals surface area contributed by atoms with Gasteiger partial charge in [0.2, 0.25) is 0 Å². The number of methoxy groups -OCH3 is 1. The van der Waals surface area contributed by atoms with Crippen molar-refractivity contribution in [3.63, 3.8) is 0 Å². The average molecular weight is 669 g/mol. The molecule has 0 spiro atoms. The predicted molar refractivity (Wildman–Crippen MR) is 193 cm³/mol. The van der Waals surface area contributed by atoms with E-state index in [4.69, 9.17) is 23.8 Å². The standard InChI is InChI=1S/C22H43O6PS.2C6H15N/c1-3-4-5-6-7-8-9-10-11-12-13-14-15-16-17-18-22(23)27-19-21(26-2)20-28-29(24,25)30;2*1-4-7(5-2)6-3/h10-11,21H,3-9,12-20H2,1-2H3,(H2,24,25,30);2*4-6H2,1-3H3/b11-10-;;/t21-;;/m0../s1. The van der Waals surface area contributed by atoms with E-state index in [9.17, 15) is 4.79 Å². The molecule has 0 radical (unpaired) electrons. The van der Waals surface area contributed by atoms with Gasteiger partial charge in [-0.05, 0) is 83.2 Å². The third kappa shape index (κ3) is 39.6. The number of carbonyl (C=O) groups excluding carboxylic acids is 1. The van der Waals surface area contributed by atoms with Crippen LogP contribution in [0.2, 0.25) is 0 Å². The molecule has 0 aliphatic heterocycles. The molecule has 0 bridgehead atoms. The third-order valence-corrected chi connectivity index (χ3v) is 8.32. The molecule has 0 fully saturated rings. The van der Waals surface area contributed by atoms with E-state index in [1.54, 1.807) is 0 Å². The molecule has 266 valence electrons. The molecule has 0 aromatic rings. The molecule has 10 heteroatoms. The SMILES string of the molecule is CCCCCCCC/C=C\CCCCCCCC(=O)OC[C@@H](COP(O)(O)=S)OC.CCN(CC)CC.CCN(CC)CC. The molecule has 0 aromatic heterocycles. The van der Waals surface area contributed by atoms with Crippen LogP contribution in [-0.4, -0.2) is 91.3 Å². The van der Waals surface area contributed by atoms with Crippen molar-refractivity contribution in [3.05, 3.63) is 12.2 Å². The summed E-state index contributed by atoms with van der Waals surface area (Å²) < 4.78 is 14.9. The number of carbonyl (C=O) groups is 1. The number of rotatable bonds is 27. The summed E-state index contributed by atoms with van der Waals surface area (Å²) in [6, 6.07) is 0. The van der Waals surface area contributed by atoms with E-state index in [1.807, 2.05) is 0 Å². The Hall–Kier alpha value is -0.380.